The van der Waals surface area contributed by atoms with E-state index >= 15 is 0 Å². The second kappa shape index (κ2) is 70.4. The normalized spacial score (nSPS) is 14.3. The number of aliphatic hydroxyl groups is 1. The molecule has 17 nitrogen and oxygen atoms in total. The highest BCUT2D eigenvalue weighted by atomic mass is 31.2. The monoisotopic (exact) mass is 1450 g/mol. The first-order valence-electron chi connectivity index (χ1n) is 41.4. The van der Waals surface area contributed by atoms with E-state index in [2.05, 4.69) is 48.5 Å². The third kappa shape index (κ3) is 72.8. The maximum absolute atomic E-state index is 13.1. The topological polar surface area (TPSA) is 237 Å². The molecule has 0 aromatic rings. The zero-order valence-corrected chi connectivity index (χ0v) is 66.8. The van der Waals surface area contributed by atoms with Gasteiger partial charge in [-0.05, 0) is 43.4 Å². The number of hydrogen-bond acceptors (Lipinski definition) is 15. The van der Waals surface area contributed by atoms with Crippen molar-refractivity contribution in [1.82, 2.24) is 0 Å². The molecule has 588 valence electrons. The van der Waals surface area contributed by atoms with Gasteiger partial charge in [0, 0.05) is 25.7 Å². The van der Waals surface area contributed by atoms with Crippen LogP contribution >= 0.6 is 15.6 Å². The van der Waals surface area contributed by atoms with Crippen molar-refractivity contribution in [2.45, 2.75) is 433 Å². The zero-order chi connectivity index (χ0) is 73.0. The number of carbonyl (C=O) groups is 4. The highest BCUT2D eigenvalue weighted by Gasteiger charge is 2.30. The molecule has 0 rings (SSSR count). The summed E-state index contributed by atoms with van der Waals surface area (Å²) in [6, 6.07) is 0. The summed E-state index contributed by atoms with van der Waals surface area (Å²) in [5, 5.41) is 10.6. The molecule has 0 saturated heterocycles. The number of carbonyl (C=O) groups excluding carboxylic acids is 4. The number of rotatable bonds is 78. The van der Waals surface area contributed by atoms with Crippen LogP contribution in [0.15, 0.2) is 0 Å². The second-order valence-corrected chi connectivity index (χ2v) is 32.9. The Hall–Kier alpha value is -1.94. The van der Waals surface area contributed by atoms with Crippen molar-refractivity contribution in [1.29, 1.82) is 0 Å². The number of phosphoric acid groups is 2. The van der Waals surface area contributed by atoms with Gasteiger partial charge in [-0.3, -0.25) is 37.3 Å². The van der Waals surface area contributed by atoms with E-state index in [1.165, 1.54) is 225 Å². The number of unbranched alkanes of at least 4 members (excludes halogenated alkanes) is 45. The minimum absolute atomic E-state index is 0.106. The predicted molar refractivity (Wildman–Crippen MR) is 405 cm³/mol. The Kier molecular flexibility index (Phi) is 69.0. The van der Waals surface area contributed by atoms with E-state index < -0.39 is 97.5 Å². The molecule has 99 heavy (non-hydrogen) atoms. The summed E-state index contributed by atoms with van der Waals surface area (Å²) in [4.78, 5) is 73.0. The van der Waals surface area contributed by atoms with Crippen LogP contribution in [0.2, 0.25) is 0 Å². The van der Waals surface area contributed by atoms with Gasteiger partial charge in [-0.1, -0.05) is 363 Å². The Morgan fingerprint density at radius 2 is 0.515 bits per heavy atom. The Balaban J connectivity index is 5.27. The first kappa shape index (κ1) is 97.1. The SMILES string of the molecule is CCCCCCCCCCCCCCCCCCC(=O)OC[C@H](COP(=O)(O)OC[C@@H](O)COP(=O)(O)OC[C@@H](COC(=O)CCCCCCCCCCCC(C)C)OC(=O)CCCCCCCCCCCCC(C)CC)OC(=O)CCCCCCCCCCCCCCCCC(C)C. The molecule has 0 aliphatic carbocycles. The summed E-state index contributed by atoms with van der Waals surface area (Å²) < 4.78 is 68.7. The van der Waals surface area contributed by atoms with Crippen molar-refractivity contribution in [2.75, 3.05) is 39.6 Å². The van der Waals surface area contributed by atoms with Crippen LogP contribution < -0.4 is 0 Å². The number of ether oxygens (including phenoxy) is 4. The van der Waals surface area contributed by atoms with Crippen LogP contribution in [0.3, 0.4) is 0 Å². The van der Waals surface area contributed by atoms with Crippen LogP contribution in [-0.4, -0.2) is 96.7 Å². The van der Waals surface area contributed by atoms with Crippen molar-refractivity contribution >= 4 is 39.5 Å². The van der Waals surface area contributed by atoms with Crippen molar-refractivity contribution in [3.05, 3.63) is 0 Å². The number of hydrogen-bond donors (Lipinski definition) is 3. The highest BCUT2D eigenvalue weighted by molar-refractivity contribution is 7.47. The molecule has 0 heterocycles. The molecule has 0 aromatic heterocycles. The smallest absolute Gasteiger partial charge is 0.462 e. The standard InChI is InChI=1S/C80H156O17P2/c1-8-10-11-12-13-14-15-16-17-18-22-25-33-40-47-54-61-77(82)90-67-75(96-79(84)63-56-49-42-34-26-23-20-19-21-24-30-37-44-51-58-71(3)4)69-94-98(86,87)92-65-74(81)66-93-99(88,89)95-70-76(68-91-78(83)62-55-48-41-36-29-31-38-45-52-59-72(5)6)97-80(85)64-57-50-43-35-28-27-32-39-46-53-60-73(7)9-2/h71-76,81H,8-70H2,1-7H3,(H,86,87)(H,88,89)/t73?,74-,75-,76-/m1/s1. The Morgan fingerprint density at radius 1 is 0.293 bits per heavy atom. The fourth-order valence-electron chi connectivity index (χ4n) is 12.3. The minimum atomic E-state index is -4.96. The lowest BCUT2D eigenvalue weighted by Crippen LogP contribution is -2.30. The molecule has 0 radical (unpaired) electrons. The van der Waals surface area contributed by atoms with Crippen LogP contribution in [0.25, 0.3) is 0 Å². The van der Waals surface area contributed by atoms with E-state index in [0.29, 0.717) is 25.7 Å². The average molecular weight is 1450 g/mol. The summed E-state index contributed by atoms with van der Waals surface area (Å²) >= 11 is 0. The van der Waals surface area contributed by atoms with Gasteiger partial charge in [-0.25, -0.2) is 9.13 Å². The molecule has 0 amide bonds. The fourth-order valence-corrected chi connectivity index (χ4v) is 13.9. The maximum atomic E-state index is 13.1. The van der Waals surface area contributed by atoms with Gasteiger partial charge in [0.2, 0.25) is 0 Å². The predicted octanol–water partition coefficient (Wildman–Crippen LogP) is 23.7. The molecule has 6 atom stereocenters. The van der Waals surface area contributed by atoms with Gasteiger partial charge >= 0.3 is 39.5 Å². The van der Waals surface area contributed by atoms with E-state index in [4.69, 9.17) is 37.0 Å². The molecule has 0 fully saturated rings. The molecular weight excluding hydrogens is 1290 g/mol. The lowest BCUT2D eigenvalue weighted by molar-refractivity contribution is -0.161. The molecule has 0 spiro atoms. The van der Waals surface area contributed by atoms with Crippen molar-refractivity contribution < 1.29 is 80.2 Å². The van der Waals surface area contributed by atoms with Crippen LogP contribution in [-0.2, 0) is 65.4 Å². The first-order valence-corrected chi connectivity index (χ1v) is 44.4. The van der Waals surface area contributed by atoms with Crippen LogP contribution in [0.1, 0.15) is 414 Å². The van der Waals surface area contributed by atoms with Gasteiger partial charge in [0.25, 0.3) is 0 Å². The molecule has 19 heteroatoms. The third-order valence-corrected chi connectivity index (χ3v) is 20.9. The number of phosphoric ester groups is 2. The van der Waals surface area contributed by atoms with E-state index in [-0.39, 0.29) is 25.7 Å². The number of esters is 4. The first-order chi connectivity index (χ1) is 47.8. The lowest BCUT2D eigenvalue weighted by atomic mass is 9.99. The van der Waals surface area contributed by atoms with E-state index in [1.54, 1.807) is 0 Å². The van der Waals surface area contributed by atoms with Crippen molar-refractivity contribution in [2.24, 2.45) is 17.8 Å². The summed E-state index contributed by atoms with van der Waals surface area (Å²) in [6.07, 6.45) is 58.1. The highest BCUT2D eigenvalue weighted by Crippen LogP contribution is 2.45. The maximum Gasteiger partial charge on any atom is 0.472 e. The summed E-state index contributed by atoms with van der Waals surface area (Å²) in [5.41, 5.74) is 0. The zero-order valence-electron chi connectivity index (χ0n) is 65.0. The van der Waals surface area contributed by atoms with Gasteiger partial charge in [-0.15, -0.1) is 0 Å². The van der Waals surface area contributed by atoms with Gasteiger partial charge in [0.05, 0.1) is 26.4 Å². The van der Waals surface area contributed by atoms with Crippen molar-refractivity contribution in [3.63, 3.8) is 0 Å². The van der Waals surface area contributed by atoms with Crippen LogP contribution in [0.4, 0.5) is 0 Å². The summed E-state index contributed by atoms with van der Waals surface area (Å²) in [7, 11) is -9.92. The van der Waals surface area contributed by atoms with Crippen molar-refractivity contribution in [3.8, 4) is 0 Å². The molecule has 0 aliphatic rings. The fraction of sp³-hybridized carbons (Fsp3) is 0.950. The molecule has 0 saturated carbocycles. The van der Waals surface area contributed by atoms with Crippen LogP contribution in [0, 0.1) is 17.8 Å². The average Bonchev–Trinajstić information content (AvgIpc) is 1.47. The Morgan fingerprint density at radius 3 is 0.768 bits per heavy atom. The van der Waals surface area contributed by atoms with Gasteiger partial charge < -0.3 is 33.8 Å². The Labute approximate surface area is 607 Å². The van der Waals surface area contributed by atoms with E-state index in [1.807, 2.05) is 0 Å². The largest absolute Gasteiger partial charge is 0.472 e. The van der Waals surface area contributed by atoms with E-state index in [0.717, 1.165) is 108 Å². The van der Waals surface area contributed by atoms with Gasteiger partial charge in [0.15, 0.2) is 12.2 Å². The minimum Gasteiger partial charge on any atom is -0.462 e. The molecule has 0 bridgehead atoms. The Bertz CT molecular complexity index is 1920. The third-order valence-electron chi connectivity index (χ3n) is 19.0. The summed E-state index contributed by atoms with van der Waals surface area (Å²) in [5.74, 6) is 0.231. The molecule has 0 aliphatic heterocycles. The molecule has 0 aromatic carbocycles. The summed E-state index contributed by atoms with van der Waals surface area (Å²) in [6.45, 7) is 12.0. The van der Waals surface area contributed by atoms with Crippen LogP contribution in [0.5, 0.6) is 0 Å². The lowest BCUT2D eigenvalue weighted by Gasteiger charge is -2.21. The quantitative estimate of drug-likeness (QED) is 0.0222. The molecule has 3 N–H and O–H groups in total. The van der Waals surface area contributed by atoms with E-state index in [9.17, 15) is 43.2 Å². The number of aliphatic hydroxyl groups excluding tert-OH is 1. The second-order valence-electron chi connectivity index (χ2n) is 30.0. The van der Waals surface area contributed by atoms with Gasteiger partial charge in [0.1, 0.15) is 19.3 Å². The van der Waals surface area contributed by atoms with Gasteiger partial charge in [-0.2, -0.15) is 0 Å². The molecule has 3 unspecified atom stereocenters. The molecular formula is C80H156O17P2.